The first kappa shape index (κ1) is 30.4. The highest BCUT2D eigenvalue weighted by Gasteiger charge is 2.34. The van der Waals surface area contributed by atoms with Gasteiger partial charge in [-0.15, -0.1) is 5.10 Å². The van der Waals surface area contributed by atoms with Crippen molar-refractivity contribution in [2.75, 3.05) is 33.0 Å². The molecule has 1 aliphatic rings. The molecule has 13 heteroatoms. The van der Waals surface area contributed by atoms with E-state index in [1.54, 1.807) is 18.5 Å². The monoisotopic (exact) mass is 588 g/mol. The van der Waals surface area contributed by atoms with Gasteiger partial charge in [-0.3, -0.25) is 4.79 Å². The Morgan fingerprint density at radius 3 is 2.66 bits per heavy atom. The predicted octanol–water partition coefficient (Wildman–Crippen LogP) is 3.18. The molecule has 2 aromatic carbocycles. The normalized spacial score (nSPS) is 16.7. The van der Waals surface area contributed by atoms with E-state index in [-0.39, 0.29) is 38.8 Å². The molecule has 3 aromatic rings. The number of ether oxygens (including phenoxy) is 2. The van der Waals surface area contributed by atoms with Gasteiger partial charge in [0, 0.05) is 18.5 Å². The lowest BCUT2D eigenvalue weighted by Gasteiger charge is -2.30. The van der Waals surface area contributed by atoms with Crippen LogP contribution < -0.4 is 0 Å². The van der Waals surface area contributed by atoms with Crippen molar-refractivity contribution in [3.8, 4) is 0 Å². The second-order valence-corrected chi connectivity index (χ2v) is 11.3. The van der Waals surface area contributed by atoms with Crippen molar-refractivity contribution in [2.24, 2.45) is 0 Å². The van der Waals surface area contributed by atoms with E-state index in [2.05, 4.69) is 10.3 Å². The number of carbonyl (C=O) groups excluding carboxylic acids is 1. The zero-order valence-electron chi connectivity index (χ0n) is 23.6. The van der Waals surface area contributed by atoms with Crippen molar-refractivity contribution in [1.29, 1.82) is 0 Å². The molecule has 4 rings (SSSR count). The Labute approximate surface area is 239 Å². The molecular weight excluding hydrogens is 552 g/mol. The van der Waals surface area contributed by atoms with Crippen molar-refractivity contribution in [3.05, 3.63) is 70.2 Å². The van der Waals surface area contributed by atoms with E-state index < -0.39 is 28.2 Å². The fourth-order valence-corrected chi connectivity index (χ4v) is 6.26. The summed E-state index contributed by atoms with van der Waals surface area (Å²) < 4.78 is 43.6. The molecule has 12 nitrogen and oxygen atoms in total. The summed E-state index contributed by atoms with van der Waals surface area (Å²) in [6.07, 6.45) is 1.37. The Hall–Kier alpha value is -3.52. The van der Waals surface area contributed by atoms with E-state index in [0.717, 1.165) is 33.3 Å². The number of hydrogen-bond acceptors (Lipinski definition) is 10. The number of aromatic nitrogens is 3. The van der Waals surface area contributed by atoms with Crippen LogP contribution in [0.15, 0.2) is 42.4 Å². The summed E-state index contributed by atoms with van der Waals surface area (Å²) in [6, 6.07) is 9.01. The van der Waals surface area contributed by atoms with Crippen molar-refractivity contribution in [1.82, 2.24) is 19.3 Å². The first-order valence-electron chi connectivity index (χ1n) is 13.4. The van der Waals surface area contributed by atoms with Gasteiger partial charge in [-0.2, -0.15) is 12.7 Å². The number of aliphatic hydroxyl groups is 2. The Morgan fingerprint density at radius 2 is 1.95 bits per heavy atom. The van der Waals surface area contributed by atoms with Gasteiger partial charge in [0.05, 0.1) is 51.0 Å². The van der Waals surface area contributed by atoms with E-state index >= 15 is 0 Å². The minimum Gasteiger partial charge on any atom is -0.480 e. The standard InChI is InChI=1S/C28H36N4O8S/c1-5-39-27(35)17-24(22-8-9-25-28(19(22)3)29-30-31(25)12-14-38-15-13-33)21-7-6-18(2)23(16-21)20(4)32-11-10-26(34)40-41(32,36)37/h6-10,16,20,24,33-34H,5,11-15,17H2,1-4H3/t20-,24?/m1/s1. The Morgan fingerprint density at radius 1 is 1.17 bits per heavy atom. The van der Waals surface area contributed by atoms with Gasteiger partial charge < -0.3 is 23.9 Å². The number of carbonyl (C=O) groups is 1. The molecule has 0 bridgehead atoms. The van der Waals surface area contributed by atoms with Crippen LogP contribution in [-0.4, -0.2) is 76.9 Å². The molecule has 0 saturated heterocycles. The second kappa shape index (κ2) is 13.0. The van der Waals surface area contributed by atoms with Crippen LogP contribution in [0.2, 0.25) is 0 Å². The fraction of sp³-hybridized carbons (Fsp3) is 0.464. The largest absolute Gasteiger partial charge is 0.480 e. The molecule has 0 saturated carbocycles. The lowest BCUT2D eigenvalue weighted by molar-refractivity contribution is -0.143. The van der Waals surface area contributed by atoms with E-state index in [1.807, 2.05) is 44.2 Å². The Balaban J connectivity index is 1.73. The summed E-state index contributed by atoms with van der Waals surface area (Å²) in [5.41, 5.74) is 5.67. The van der Waals surface area contributed by atoms with E-state index in [0.29, 0.717) is 18.7 Å². The maximum Gasteiger partial charge on any atom is 0.388 e. The van der Waals surface area contributed by atoms with Gasteiger partial charge in [-0.25, -0.2) is 4.68 Å². The van der Waals surface area contributed by atoms with Crippen LogP contribution in [0.3, 0.4) is 0 Å². The lowest BCUT2D eigenvalue weighted by Crippen LogP contribution is -2.38. The molecule has 2 heterocycles. The maximum absolute atomic E-state index is 12.8. The van der Waals surface area contributed by atoms with Gasteiger partial charge in [-0.05, 0) is 61.6 Å². The molecule has 1 aliphatic heterocycles. The van der Waals surface area contributed by atoms with E-state index in [1.165, 1.54) is 10.4 Å². The van der Waals surface area contributed by atoms with Crippen molar-refractivity contribution >= 4 is 27.3 Å². The molecule has 2 atom stereocenters. The van der Waals surface area contributed by atoms with Crippen LogP contribution in [0.4, 0.5) is 0 Å². The number of rotatable bonds is 12. The first-order chi connectivity index (χ1) is 19.6. The van der Waals surface area contributed by atoms with Crippen LogP contribution in [-0.2, 0) is 35.3 Å². The molecule has 1 aromatic heterocycles. The summed E-state index contributed by atoms with van der Waals surface area (Å²) >= 11 is 0. The molecule has 0 amide bonds. The second-order valence-electron chi connectivity index (χ2n) is 9.80. The average Bonchev–Trinajstić information content (AvgIpc) is 3.34. The van der Waals surface area contributed by atoms with Gasteiger partial charge >= 0.3 is 16.3 Å². The quantitative estimate of drug-likeness (QED) is 0.238. The number of benzene rings is 2. The maximum atomic E-state index is 12.8. The van der Waals surface area contributed by atoms with Gasteiger partial charge in [0.2, 0.25) is 0 Å². The number of fused-ring (bicyclic) bond motifs is 1. The molecule has 2 N–H and O–H groups in total. The van der Waals surface area contributed by atoms with Gasteiger partial charge in [0.25, 0.3) is 5.95 Å². The average molecular weight is 589 g/mol. The molecule has 41 heavy (non-hydrogen) atoms. The summed E-state index contributed by atoms with van der Waals surface area (Å²) in [5.74, 6) is -1.40. The smallest absolute Gasteiger partial charge is 0.388 e. The molecule has 1 unspecified atom stereocenters. The van der Waals surface area contributed by atoms with Crippen LogP contribution in [0.25, 0.3) is 11.0 Å². The number of esters is 1. The van der Waals surface area contributed by atoms with Gasteiger partial charge in [-0.1, -0.05) is 29.5 Å². The highest BCUT2D eigenvalue weighted by molar-refractivity contribution is 7.84. The molecule has 0 aliphatic carbocycles. The van der Waals surface area contributed by atoms with E-state index in [4.69, 9.17) is 18.8 Å². The lowest BCUT2D eigenvalue weighted by atomic mass is 9.83. The third kappa shape index (κ3) is 6.70. The third-order valence-corrected chi connectivity index (χ3v) is 8.65. The molecule has 0 fully saturated rings. The van der Waals surface area contributed by atoms with Crippen LogP contribution in [0, 0.1) is 13.8 Å². The number of aryl methyl sites for hydroxylation is 2. The fourth-order valence-electron chi connectivity index (χ4n) is 5.12. The van der Waals surface area contributed by atoms with E-state index in [9.17, 15) is 18.3 Å². The highest BCUT2D eigenvalue weighted by Crippen LogP contribution is 2.37. The highest BCUT2D eigenvalue weighted by atomic mass is 32.2. The number of hydrogen-bond donors (Lipinski definition) is 2. The topological polar surface area (TPSA) is 153 Å². The Bertz CT molecular complexity index is 1540. The van der Waals surface area contributed by atoms with Crippen LogP contribution >= 0.6 is 0 Å². The zero-order valence-corrected chi connectivity index (χ0v) is 24.4. The summed E-state index contributed by atoms with van der Waals surface area (Å²) in [6.45, 7) is 8.59. The minimum absolute atomic E-state index is 0.0400. The van der Waals surface area contributed by atoms with Crippen LogP contribution in [0.5, 0.6) is 0 Å². The van der Waals surface area contributed by atoms with Gasteiger partial charge in [0.15, 0.2) is 0 Å². The zero-order chi connectivity index (χ0) is 29.7. The number of nitrogens with zero attached hydrogens (tertiary/aromatic N) is 4. The molecule has 0 radical (unpaired) electrons. The molecule has 0 spiro atoms. The molecular formula is C28H36N4O8S. The SMILES string of the molecule is CCOC(=O)CC(c1ccc(C)c([C@@H](C)N2CC=C(O)OS2(=O)=O)c1)c1ccc2c(nnn2CCOCCO)c1C. The summed E-state index contributed by atoms with van der Waals surface area (Å²) in [5, 5.41) is 27.2. The predicted molar refractivity (Wildman–Crippen MR) is 150 cm³/mol. The minimum atomic E-state index is -4.19. The van der Waals surface area contributed by atoms with Crippen LogP contribution in [0.1, 0.15) is 60.0 Å². The van der Waals surface area contributed by atoms with Gasteiger partial charge in [0.1, 0.15) is 5.52 Å². The van der Waals surface area contributed by atoms with Crippen molar-refractivity contribution in [2.45, 2.75) is 52.6 Å². The number of aliphatic hydroxyl groups excluding tert-OH is 2. The first-order valence-corrected chi connectivity index (χ1v) is 14.8. The Kier molecular flexibility index (Phi) is 9.64. The third-order valence-electron chi connectivity index (χ3n) is 7.23. The van der Waals surface area contributed by atoms with Crippen molar-refractivity contribution < 1.29 is 37.1 Å². The van der Waals surface area contributed by atoms with Crippen molar-refractivity contribution in [3.63, 3.8) is 0 Å². The molecule has 222 valence electrons. The summed E-state index contributed by atoms with van der Waals surface area (Å²) in [7, 11) is -4.19. The summed E-state index contributed by atoms with van der Waals surface area (Å²) in [4.78, 5) is 12.8.